The Hall–Kier alpha value is -4.15. The van der Waals surface area contributed by atoms with Gasteiger partial charge in [-0.3, -0.25) is 9.89 Å². The Bertz CT molecular complexity index is 1610. The van der Waals surface area contributed by atoms with Crippen LogP contribution in [0, 0.1) is 0 Å². The Kier molecular flexibility index (Phi) is 5.17. The first kappa shape index (κ1) is 21.1. The number of nitrogens with two attached hydrogens (primary N) is 1. The molecule has 10 heteroatoms. The average Bonchev–Trinajstić information content (AvgIpc) is 3.33. The lowest BCUT2D eigenvalue weighted by Gasteiger charge is -2.02. The molecule has 0 unspecified atom stereocenters. The fourth-order valence-electron chi connectivity index (χ4n) is 3.21. The quantitative estimate of drug-likeness (QED) is 0.412. The topological polar surface area (TPSA) is 148 Å². The summed E-state index contributed by atoms with van der Waals surface area (Å²) in [4.78, 5) is 24.3. The van der Waals surface area contributed by atoms with E-state index in [-0.39, 0.29) is 15.7 Å². The smallest absolute Gasteiger partial charge is 0.336 e. The summed E-state index contributed by atoms with van der Waals surface area (Å²) in [6, 6.07) is 15.1. The van der Waals surface area contributed by atoms with Crippen molar-refractivity contribution in [1.29, 1.82) is 0 Å². The number of carboxylic acids is 1. The first-order valence-corrected chi connectivity index (χ1v) is 10.8. The van der Waals surface area contributed by atoms with E-state index in [1.54, 1.807) is 30.3 Å². The lowest BCUT2D eigenvalue weighted by molar-refractivity contribution is 0.0697. The fourth-order valence-corrected chi connectivity index (χ4v) is 3.73. The highest BCUT2D eigenvalue weighted by Crippen LogP contribution is 2.26. The maximum atomic E-state index is 12.9. The number of aromatic nitrogens is 2. The van der Waals surface area contributed by atoms with Gasteiger partial charge in [0.05, 0.1) is 26.7 Å². The van der Waals surface area contributed by atoms with Crippen LogP contribution < -0.4 is 21.3 Å². The molecule has 162 valence electrons. The Morgan fingerprint density at radius 3 is 2.44 bits per heavy atom. The number of primary sulfonamides is 1. The molecule has 0 aliphatic heterocycles. The summed E-state index contributed by atoms with van der Waals surface area (Å²) in [7, 11) is -3.85. The van der Waals surface area contributed by atoms with Gasteiger partial charge in [-0.05, 0) is 48.5 Å². The zero-order valence-electron chi connectivity index (χ0n) is 16.5. The van der Waals surface area contributed by atoms with Crippen LogP contribution in [-0.2, 0) is 10.0 Å². The molecular weight excluding hydrogens is 434 g/mol. The standard InChI is InChI=1S/C22H17N3O6S/c1-13-19(21(26)25(24-13)14-6-9-16(10-7-14)32(23,29)30)12-15-8-11-20(31-15)17-4-2-3-5-18(17)22(27)28/h2-12,24H,1H2,(H,27,28)(H2,23,29,30)/b19-12-. The number of aromatic carboxylic acids is 1. The Labute approximate surface area is 181 Å². The molecule has 0 spiro atoms. The van der Waals surface area contributed by atoms with Crippen LogP contribution >= 0.6 is 0 Å². The van der Waals surface area contributed by atoms with Gasteiger partial charge >= 0.3 is 5.97 Å². The number of carbonyl (C=O) groups is 1. The van der Waals surface area contributed by atoms with Crippen molar-refractivity contribution >= 4 is 28.6 Å². The van der Waals surface area contributed by atoms with Gasteiger partial charge in [0.25, 0.3) is 5.56 Å². The number of furan rings is 1. The molecule has 2 aromatic carbocycles. The van der Waals surface area contributed by atoms with E-state index in [0.29, 0.717) is 28.1 Å². The van der Waals surface area contributed by atoms with Crippen LogP contribution in [0.3, 0.4) is 0 Å². The summed E-state index contributed by atoms with van der Waals surface area (Å²) in [6.45, 7) is 3.84. The largest absolute Gasteiger partial charge is 0.478 e. The highest BCUT2D eigenvalue weighted by Gasteiger charge is 2.14. The number of rotatable bonds is 5. The van der Waals surface area contributed by atoms with Crippen LogP contribution in [0.15, 0.2) is 74.8 Å². The van der Waals surface area contributed by atoms with Crippen molar-refractivity contribution in [2.45, 2.75) is 4.90 Å². The van der Waals surface area contributed by atoms with Crippen molar-refractivity contribution in [3.8, 4) is 17.0 Å². The molecule has 4 rings (SSSR count). The normalized spacial score (nSPS) is 12.2. The van der Waals surface area contributed by atoms with Crippen molar-refractivity contribution in [3.05, 3.63) is 92.9 Å². The Morgan fingerprint density at radius 1 is 1.09 bits per heavy atom. The molecule has 0 aliphatic rings. The van der Waals surface area contributed by atoms with E-state index >= 15 is 0 Å². The molecule has 0 radical (unpaired) electrons. The first-order chi connectivity index (χ1) is 15.1. The first-order valence-electron chi connectivity index (χ1n) is 9.22. The monoisotopic (exact) mass is 451 g/mol. The average molecular weight is 451 g/mol. The van der Waals surface area contributed by atoms with Crippen LogP contribution in [-0.4, -0.2) is 29.3 Å². The summed E-state index contributed by atoms with van der Waals surface area (Å²) in [5, 5.41) is 17.8. The van der Waals surface area contributed by atoms with Gasteiger partial charge in [0.15, 0.2) is 0 Å². The second-order valence-electron chi connectivity index (χ2n) is 6.88. The van der Waals surface area contributed by atoms with E-state index in [0.717, 1.165) is 0 Å². The maximum absolute atomic E-state index is 12.9. The number of hydrogen-bond donors (Lipinski definition) is 3. The molecular formula is C22H17N3O6S. The molecule has 2 aromatic heterocycles. The lowest BCUT2D eigenvalue weighted by atomic mass is 10.1. The van der Waals surface area contributed by atoms with Gasteiger partial charge in [-0.25, -0.2) is 23.0 Å². The van der Waals surface area contributed by atoms with Crippen molar-refractivity contribution in [1.82, 2.24) is 9.78 Å². The highest BCUT2D eigenvalue weighted by atomic mass is 32.2. The minimum Gasteiger partial charge on any atom is -0.478 e. The number of nitrogens with zero attached hydrogens (tertiary/aromatic N) is 1. The third kappa shape index (κ3) is 3.92. The van der Waals surface area contributed by atoms with Gasteiger partial charge in [0, 0.05) is 5.56 Å². The summed E-state index contributed by atoms with van der Waals surface area (Å²) >= 11 is 0. The summed E-state index contributed by atoms with van der Waals surface area (Å²) in [6.07, 6.45) is 1.49. The Morgan fingerprint density at radius 2 is 1.78 bits per heavy atom. The SMILES string of the molecule is C=c1[nH]n(-c2ccc(S(N)(=O)=O)cc2)c(=O)/c1=C\c1ccc(-c2ccccc2C(=O)O)o1. The fraction of sp³-hybridized carbons (Fsp3) is 0. The predicted molar refractivity (Wildman–Crippen MR) is 117 cm³/mol. The van der Waals surface area contributed by atoms with Crippen LogP contribution in [0.1, 0.15) is 16.1 Å². The summed E-state index contributed by atoms with van der Waals surface area (Å²) in [5.41, 5.74) is 0.471. The minimum absolute atomic E-state index is 0.0766. The zero-order valence-corrected chi connectivity index (χ0v) is 17.3. The lowest BCUT2D eigenvalue weighted by Crippen LogP contribution is -2.33. The molecule has 9 nitrogen and oxygen atoms in total. The molecule has 0 bridgehead atoms. The van der Waals surface area contributed by atoms with Crippen LogP contribution in [0.25, 0.3) is 29.7 Å². The van der Waals surface area contributed by atoms with E-state index in [1.165, 1.54) is 41.1 Å². The summed E-state index contributed by atoms with van der Waals surface area (Å²) < 4.78 is 29.8. The highest BCUT2D eigenvalue weighted by molar-refractivity contribution is 7.89. The third-order valence-electron chi connectivity index (χ3n) is 4.77. The van der Waals surface area contributed by atoms with E-state index in [2.05, 4.69) is 11.7 Å². The molecule has 2 heterocycles. The number of nitrogens with one attached hydrogen (secondary N) is 1. The number of benzene rings is 2. The predicted octanol–water partition coefficient (Wildman–Crippen LogP) is 1.01. The van der Waals surface area contributed by atoms with Gasteiger partial charge in [-0.15, -0.1) is 0 Å². The van der Waals surface area contributed by atoms with Crippen LogP contribution in [0.5, 0.6) is 0 Å². The number of sulfonamides is 1. The second-order valence-corrected chi connectivity index (χ2v) is 8.44. The van der Waals surface area contributed by atoms with Crippen molar-refractivity contribution in [2.24, 2.45) is 5.14 Å². The van der Waals surface area contributed by atoms with Crippen molar-refractivity contribution in [2.75, 3.05) is 0 Å². The Balaban J connectivity index is 1.75. The molecule has 0 amide bonds. The third-order valence-corrected chi connectivity index (χ3v) is 5.69. The summed E-state index contributed by atoms with van der Waals surface area (Å²) in [5.74, 6) is -0.406. The molecule has 0 saturated heterocycles. The minimum atomic E-state index is -3.85. The van der Waals surface area contributed by atoms with Gasteiger partial charge in [-0.1, -0.05) is 24.8 Å². The van der Waals surface area contributed by atoms with E-state index in [9.17, 15) is 23.1 Å². The molecule has 4 N–H and O–H groups in total. The van der Waals surface area contributed by atoms with Gasteiger partial charge in [0.2, 0.25) is 10.0 Å². The van der Waals surface area contributed by atoms with E-state index in [1.807, 2.05) is 0 Å². The van der Waals surface area contributed by atoms with Gasteiger partial charge < -0.3 is 9.52 Å². The number of hydrogen-bond acceptors (Lipinski definition) is 5. The molecule has 0 saturated carbocycles. The van der Waals surface area contributed by atoms with Crippen LogP contribution in [0.2, 0.25) is 0 Å². The van der Waals surface area contributed by atoms with E-state index < -0.39 is 21.6 Å². The molecule has 4 aromatic rings. The molecule has 0 aliphatic carbocycles. The molecule has 32 heavy (non-hydrogen) atoms. The van der Waals surface area contributed by atoms with E-state index in [4.69, 9.17) is 9.56 Å². The molecule has 0 fully saturated rings. The van der Waals surface area contributed by atoms with Crippen LogP contribution in [0.4, 0.5) is 0 Å². The van der Waals surface area contributed by atoms with Gasteiger partial charge in [-0.2, -0.15) is 0 Å². The molecule has 0 atom stereocenters. The zero-order chi connectivity index (χ0) is 23.0. The second kappa shape index (κ2) is 7.84. The van der Waals surface area contributed by atoms with Crippen molar-refractivity contribution in [3.63, 3.8) is 0 Å². The van der Waals surface area contributed by atoms with Gasteiger partial charge in [0.1, 0.15) is 11.5 Å². The maximum Gasteiger partial charge on any atom is 0.336 e. The van der Waals surface area contributed by atoms with Crippen molar-refractivity contribution < 1.29 is 22.7 Å². The number of carboxylic acid groups (broad SMARTS) is 1. The number of aromatic amines is 1. The number of H-pyrrole nitrogens is 1.